The summed E-state index contributed by atoms with van der Waals surface area (Å²) in [6, 6.07) is 1.51. The molecule has 0 heterocycles. The third kappa shape index (κ3) is 10.2. The van der Waals surface area contributed by atoms with Crippen LogP contribution < -0.4 is 0 Å². The van der Waals surface area contributed by atoms with Gasteiger partial charge in [0.15, 0.2) is 0 Å². The average molecular weight is 172 g/mol. The first-order valence-corrected chi connectivity index (χ1v) is 8.62. The highest BCUT2D eigenvalue weighted by atomic mass is 28.3. The minimum absolute atomic E-state index is 0.729. The van der Waals surface area contributed by atoms with Crippen LogP contribution in [0.5, 0.6) is 0 Å². The maximum atomic E-state index is 2.46. The fourth-order valence-corrected chi connectivity index (χ4v) is 2.52. The van der Waals surface area contributed by atoms with Gasteiger partial charge in [-0.1, -0.05) is 58.8 Å². The SMILES string of the molecule is CC(C)CCCC[Si](C)(C)C. The first-order chi connectivity index (χ1) is 4.92. The third-order valence-electron chi connectivity index (χ3n) is 1.96. The van der Waals surface area contributed by atoms with E-state index in [1.165, 1.54) is 25.3 Å². The second kappa shape index (κ2) is 4.97. The Balaban J connectivity index is 3.15. The van der Waals surface area contributed by atoms with Gasteiger partial charge < -0.3 is 0 Å². The molecule has 0 N–H and O–H groups in total. The molecule has 0 saturated carbocycles. The van der Waals surface area contributed by atoms with E-state index in [4.69, 9.17) is 0 Å². The molecule has 0 aromatic heterocycles. The van der Waals surface area contributed by atoms with E-state index in [1.807, 2.05) is 0 Å². The summed E-state index contributed by atoms with van der Waals surface area (Å²) in [5, 5.41) is 0. The van der Waals surface area contributed by atoms with Gasteiger partial charge in [0.05, 0.1) is 0 Å². The van der Waals surface area contributed by atoms with E-state index in [2.05, 4.69) is 33.5 Å². The van der Waals surface area contributed by atoms with Crippen molar-refractivity contribution in [3.05, 3.63) is 0 Å². The molecule has 0 fully saturated rings. The van der Waals surface area contributed by atoms with E-state index in [-0.39, 0.29) is 0 Å². The highest BCUT2D eigenvalue weighted by Gasteiger charge is 2.11. The Labute approximate surface area is 73.4 Å². The molecule has 0 nitrogen and oxygen atoms in total. The molecule has 0 aliphatic heterocycles. The van der Waals surface area contributed by atoms with Crippen LogP contribution in [0.25, 0.3) is 0 Å². The van der Waals surface area contributed by atoms with Gasteiger partial charge in [-0.2, -0.15) is 0 Å². The summed E-state index contributed by atoms with van der Waals surface area (Å²) in [5.41, 5.74) is 0. The molecule has 0 radical (unpaired) electrons. The lowest BCUT2D eigenvalue weighted by Crippen LogP contribution is -2.18. The second-order valence-corrected chi connectivity index (χ2v) is 10.8. The zero-order valence-corrected chi connectivity index (χ0v) is 9.91. The molecule has 0 rings (SSSR count). The summed E-state index contributed by atoms with van der Waals surface area (Å²) in [5.74, 6) is 0.900. The monoisotopic (exact) mass is 172 g/mol. The van der Waals surface area contributed by atoms with Gasteiger partial charge in [-0.15, -0.1) is 0 Å². The topological polar surface area (TPSA) is 0 Å². The maximum absolute atomic E-state index is 2.46. The molecule has 0 aromatic rings. The van der Waals surface area contributed by atoms with Gasteiger partial charge in [0.2, 0.25) is 0 Å². The van der Waals surface area contributed by atoms with E-state index < -0.39 is 8.07 Å². The van der Waals surface area contributed by atoms with Gasteiger partial charge in [-0.25, -0.2) is 0 Å². The van der Waals surface area contributed by atoms with E-state index in [0.29, 0.717) is 0 Å². The van der Waals surface area contributed by atoms with Crippen LogP contribution >= 0.6 is 0 Å². The van der Waals surface area contributed by atoms with Crippen molar-refractivity contribution < 1.29 is 0 Å². The Bertz CT molecular complexity index is 89.5. The van der Waals surface area contributed by atoms with Gasteiger partial charge in [-0.05, 0) is 5.92 Å². The van der Waals surface area contributed by atoms with E-state index >= 15 is 0 Å². The molecular formula is C10H24Si. The van der Waals surface area contributed by atoms with Gasteiger partial charge in [0.25, 0.3) is 0 Å². The van der Waals surface area contributed by atoms with Gasteiger partial charge in [0.1, 0.15) is 0 Å². The average Bonchev–Trinajstić information content (AvgIpc) is 1.78. The van der Waals surface area contributed by atoms with E-state index in [1.54, 1.807) is 0 Å². The number of rotatable bonds is 5. The van der Waals surface area contributed by atoms with Crippen molar-refractivity contribution in [2.24, 2.45) is 5.92 Å². The van der Waals surface area contributed by atoms with Crippen molar-refractivity contribution in [3.8, 4) is 0 Å². The molecule has 0 atom stereocenters. The van der Waals surface area contributed by atoms with Crippen molar-refractivity contribution in [2.75, 3.05) is 0 Å². The predicted molar refractivity (Wildman–Crippen MR) is 56.8 cm³/mol. The fourth-order valence-electron chi connectivity index (χ4n) is 1.21. The maximum Gasteiger partial charge on any atom is 0.0442 e. The number of hydrogen-bond acceptors (Lipinski definition) is 0. The van der Waals surface area contributed by atoms with Crippen molar-refractivity contribution >= 4 is 8.07 Å². The quantitative estimate of drug-likeness (QED) is 0.432. The summed E-state index contributed by atoms with van der Waals surface area (Å²) in [4.78, 5) is 0. The Morgan fingerprint density at radius 2 is 1.55 bits per heavy atom. The molecular weight excluding hydrogens is 148 g/mol. The van der Waals surface area contributed by atoms with Crippen molar-refractivity contribution in [2.45, 2.75) is 58.8 Å². The van der Waals surface area contributed by atoms with Crippen LogP contribution in [-0.4, -0.2) is 8.07 Å². The Morgan fingerprint density at radius 3 is 1.91 bits per heavy atom. The minimum Gasteiger partial charge on any atom is -0.0695 e. The highest BCUT2D eigenvalue weighted by Crippen LogP contribution is 2.15. The first kappa shape index (κ1) is 11.2. The summed E-state index contributed by atoms with van der Waals surface area (Å²) in [6.45, 7) is 12.0. The van der Waals surface area contributed by atoms with Gasteiger partial charge in [-0.3, -0.25) is 0 Å². The zero-order valence-electron chi connectivity index (χ0n) is 8.91. The molecule has 0 saturated heterocycles. The standard InChI is InChI=1S/C10H24Si/c1-10(2)8-6-7-9-11(3,4)5/h10H,6-9H2,1-5H3. The first-order valence-electron chi connectivity index (χ1n) is 4.92. The van der Waals surface area contributed by atoms with Crippen molar-refractivity contribution in [1.29, 1.82) is 0 Å². The van der Waals surface area contributed by atoms with E-state index in [0.717, 1.165) is 5.92 Å². The van der Waals surface area contributed by atoms with Crippen LogP contribution in [0.15, 0.2) is 0 Å². The Morgan fingerprint density at radius 1 is 1.00 bits per heavy atom. The van der Waals surface area contributed by atoms with Crippen LogP contribution in [0.1, 0.15) is 33.1 Å². The zero-order chi connectivity index (χ0) is 8.91. The molecule has 0 bridgehead atoms. The fraction of sp³-hybridized carbons (Fsp3) is 1.00. The lowest BCUT2D eigenvalue weighted by molar-refractivity contribution is 0.548. The molecule has 68 valence electrons. The van der Waals surface area contributed by atoms with Crippen LogP contribution in [0.4, 0.5) is 0 Å². The Hall–Kier alpha value is 0.217. The summed E-state index contributed by atoms with van der Waals surface area (Å²) in [6.07, 6.45) is 4.33. The van der Waals surface area contributed by atoms with Crippen LogP contribution in [0, 0.1) is 5.92 Å². The summed E-state index contributed by atoms with van der Waals surface area (Å²) >= 11 is 0. The summed E-state index contributed by atoms with van der Waals surface area (Å²) in [7, 11) is -0.729. The molecule has 0 unspecified atom stereocenters. The predicted octanol–water partition coefficient (Wildman–Crippen LogP) is 4.15. The molecule has 0 spiro atoms. The van der Waals surface area contributed by atoms with E-state index in [9.17, 15) is 0 Å². The smallest absolute Gasteiger partial charge is 0.0442 e. The molecule has 11 heavy (non-hydrogen) atoms. The van der Waals surface area contributed by atoms with Crippen LogP contribution in [-0.2, 0) is 0 Å². The van der Waals surface area contributed by atoms with Crippen molar-refractivity contribution in [3.63, 3.8) is 0 Å². The largest absolute Gasteiger partial charge is 0.0695 e. The number of unbranched alkanes of at least 4 members (excludes halogenated alkanes) is 1. The molecule has 0 aliphatic carbocycles. The van der Waals surface area contributed by atoms with Crippen molar-refractivity contribution in [1.82, 2.24) is 0 Å². The minimum atomic E-state index is -0.729. The molecule has 0 amide bonds. The lowest BCUT2D eigenvalue weighted by atomic mass is 10.1. The van der Waals surface area contributed by atoms with Gasteiger partial charge >= 0.3 is 0 Å². The van der Waals surface area contributed by atoms with Gasteiger partial charge in [0, 0.05) is 8.07 Å². The summed E-state index contributed by atoms with van der Waals surface area (Å²) < 4.78 is 0. The van der Waals surface area contributed by atoms with Crippen LogP contribution in [0.2, 0.25) is 25.7 Å². The highest BCUT2D eigenvalue weighted by molar-refractivity contribution is 6.76. The lowest BCUT2D eigenvalue weighted by Gasteiger charge is -2.15. The van der Waals surface area contributed by atoms with Crippen LogP contribution in [0.3, 0.4) is 0 Å². The Kier molecular flexibility index (Phi) is 5.07. The second-order valence-electron chi connectivity index (χ2n) is 5.20. The normalized spacial score (nSPS) is 12.5. The molecule has 0 aliphatic rings. The number of hydrogen-bond donors (Lipinski definition) is 0. The third-order valence-corrected chi connectivity index (χ3v) is 3.81. The molecule has 0 aromatic carbocycles. The molecule has 1 heteroatoms.